The minimum absolute atomic E-state index is 0.00574. The van der Waals surface area contributed by atoms with E-state index in [1.54, 1.807) is 0 Å². The first-order valence-corrected chi connectivity index (χ1v) is 6.80. The van der Waals surface area contributed by atoms with Crippen LogP contribution >= 0.6 is 0 Å². The Hall–Kier alpha value is -0.900. The third-order valence-electron chi connectivity index (χ3n) is 4.22. The monoisotopic (exact) mass is 247 g/mol. The fraction of sp³-hybridized carbons (Fsp3) is 0.600. The Morgan fingerprint density at radius 3 is 2.44 bits per heavy atom. The molecule has 1 aromatic rings. The van der Waals surface area contributed by atoms with Crippen molar-refractivity contribution in [3.63, 3.8) is 0 Å². The van der Waals surface area contributed by atoms with Gasteiger partial charge in [-0.25, -0.2) is 0 Å². The van der Waals surface area contributed by atoms with Crippen LogP contribution in [0.5, 0.6) is 0 Å². The highest BCUT2D eigenvalue weighted by Crippen LogP contribution is 2.30. The van der Waals surface area contributed by atoms with Crippen LogP contribution in [0.2, 0.25) is 0 Å². The maximum atomic E-state index is 6.54. The number of hydrogen-bond acceptors (Lipinski definition) is 3. The first-order valence-electron chi connectivity index (χ1n) is 6.80. The number of nitrogens with zero attached hydrogens (tertiary/aromatic N) is 1. The zero-order valence-corrected chi connectivity index (χ0v) is 11.7. The summed E-state index contributed by atoms with van der Waals surface area (Å²) in [6.45, 7) is 10.9. The minimum atomic E-state index is -0.00574. The van der Waals surface area contributed by atoms with Crippen LogP contribution in [0.3, 0.4) is 0 Å². The van der Waals surface area contributed by atoms with Gasteiger partial charge in [-0.3, -0.25) is 4.90 Å². The molecular weight excluding hydrogens is 222 g/mol. The zero-order chi connectivity index (χ0) is 13.2. The zero-order valence-electron chi connectivity index (χ0n) is 11.7. The highest BCUT2D eigenvalue weighted by atomic mass is 15.2. The van der Waals surface area contributed by atoms with Crippen molar-refractivity contribution in [1.82, 2.24) is 10.2 Å². The molecule has 0 aliphatic carbocycles. The lowest BCUT2D eigenvalue weighted by Gasteiger charge is -2.45. The van der Waals surface area contributed by atoms with Crippen molar-refractivity contribution in [2.45, 2.75) is 32.4 Å². The van der Waals surface area contributed by atoms with Crippen LogP contribution in [0.1, 0.15) is 31.0 Å². The summed E-state index contributed by atoms with van der Waals surface area (Å²) in [5.41, 5.74) is 9.09. The SMILES string of the molecule is Cc1ccccc1C(N)C(C)(C)N1CCNCC1. The van der Waals surface area contributed by atoms with E-state index in [0.717, 1.165) is 26.2 Å². The molecule has 0 spiro atoms. The van der Waals surface area contributed by atoms with Gasteiger partial charge >= 0.3 is 0 Å². The Labute approximate surface area is 110 Å². The van der Waals surface area contributed by atoms with Gasteiger partial charge in [-0.05, 0) is 31.9 Å². The Morgan fingerprint density at radius 1 is 1.22 bits per heavy atom. The lowest BCUT2D eigenvalue weighted by atomic mass is 9.85. The van der Waals surface area contributed by atoms with Crippen molar-refractivity contribution >= 4 is 0 Å². The van der Waals surface area contributed by atoms with E-state index in [2.05, 4.69) is 55.3 Å². The molecule has 1 aromatic carbocycles. The van der Waals surface area contributed by atoms with Gasteiger partial charge in [-0.15, -0.1) is 0 Å². The van der Waals surface area contributed by atoms with Crippen LogP contribution < -0.4 is 11.1 Å². The molecule has 3 N–H and O–H groups in total. The second-order valence-corrected chi connectivity index (χ2v) is 5.72. The highest BCUT2D eigenvalue weighted by molar-refractivity contribution is 5.30. The molecule has 0 bridgehead atoms. The third kappa shape index (κ3) is 2.58. The van der Waals surface area contributed by atoms with Crippen molar-refractivity contribution < 1.29 is 0 Å². The van der Waals surface area contributed by atoms with Crippen LogP contribution in [-0.4, -0.2) is 36.6 Å². The fourth-order valence-electron chi connectivity index (χ4n) is 2.75. The number of benzene rings is 1. The summed E-state index contributed by atoms with van der Waals surface area (Å²) in [6.07, 6.45) is 0. The van der Waals surface area contributed by atoms with Crippen LogP contribution in [-0.2, 0) is 0 Å². The largest absolute Gasteiger partial charge is 0.322 e. The van der Waals surface area contributed by atoms with E-state index >= 15 is 0 Å². The molecule has 0 saturated carbocycles. The molecule has 0 aromatic heterocycles. The Kier molecular flexibility index (Phi) is 4.05. The van der Waals surface area contributed by atoms with E-state index in [0.29, 0.717) is 0 Å². The molecule has 2 rings (SSSR count). The molecular formula is C15H25N3. The molecule has 0 radical (unpaired) electrons. The van der Waals surface area contributed by atoms with E-state index in [1.165, 1.54) is 11.1 Å². The molecule has 3 heteroatoms. The normalized spacial score (nSPS) is 19.8. The molecule has 0 amide bonds. The first-order chi connectivity index (χ1) is 8.53. The van der Waals surface area contributed by atoms with Gasteiger partial charge in [0, 0.05) is 37.8 Å². The van der Waals surface area contributed by atoms with Crippen LogP contribution in [0.15, 0.2) is 24.3 Å². The average molecular weight is 247 g/mol. The first kappa shape index (κ1) is 13.5. The second kappa shape index (κ2) is 5.39. The van der Waals surface area contributed by atoms with Crippen LogP contribution in [0.25, 0.3) is 0 Å². The number of nitrogens with two attached hydrogens (primary N) is 1. The molecule has 1 saturated heterocycles. The molecule has 1 aliphatic rings. The van der Waals surface area contributed by atoms with E-state index in [1.807, 2.05) is 0 Å². The summed E-state index contributed by atoms with van der Waals surface area (Å²) in [4.78, 5) is 2.50. The van der Waals surface area contributed by atoms with Gasteiger partial charge in [0.15, 0.2) is 0 Å². The topological polar surface area (TPSA) is 41.3 Å². The summed E-state index contributed by atoms with van der Waals surface area (Å²) in [6, 6.07) is 8.50. The summed E-state index contributed by atoms with van der Waals surface area (Å²) in [5, 5.41) is 3.39. The molecule has 1 heterocycles. The number of piperazine rings is 1. The van der Waals surface area contributed by atoms with E-state index in [-0.39, 0.29) is 11.6 Å². The molecule has 100 valence electrons. The third-order valence-corrected chi connectivity index (χ3v) is 4.22. The van der Waals surface area contributed by atoms with Crippen molar-refractivity contribution in [2.24, 2.45) is 5.73 Å². The quantitative estimate of drug-likeness (QED) is 0.854. The maximum absolute atomic E-state index is 6.54. The Bertz CT molecular complexity index is 394. The van der Waals surface area contributed by atoms with Crippen molar-refractivity contribution in [3.05, 3.63) is 35.4 Å². The summed E-state index contributed by atoms with van der Waals surface area (Å²) in [7, 11) is 0. The summed E-state index contributed by atoms with van der Waals surface area (Å²) in [5.74, 6) is 0. The molecule has 1 atom stereocenters. The number of hydrogen-bond donors (Lipinski definition) is 2. The van der Waals surface area contributed by atoms with Gasteiger partial charge < -0.3 is 11.1 Å². The summed E-state index contributed by atoms with van der Waals surface area (Å²) < 4.78 is 0. The standard InChI is InChI=1S/C15H25N3/c1-12-6-4-5-7-13(12)14(16)15(2,3)18-10-8-17-9-11-18/h4-7,14,17H,8-11,16H2,1-3H3. The lowest BCUT2D eigenvalue weighted by molar-refractivity contribution is 0.0799. The van der Waals surface area contributed by atoms with Gasteiger partial charge in [0.1, 0.15) is 0 Å². The molecule has 1 fully saturated rings. The predicted molar refractivity (Wildman–Crippen MR) is 76.6 cm³/mol. The summed E-state index contributed by atoms with van der Waals surface area (Å²) >= 11 is 0. The van der Waals surface area contributed by atoms with Crippen LogP contribution in [0, 0.1) is 6.92 Å². The van der Waals surface area contributed by atoms with E-state index in [4.69, 9.17) is 5.73 Å². The van der Waals surface area contributed by atoms with Gasteiger partial charge in [-0.2, -0.15) is 0 Å². The van der Waals surface area contributed by atoms with Gasteiger partial charge in [-0.1, -0.05) is 24.3 Å². The number of rotatable bonds is 3. The van der Waals surface area contributed by atoms with Crippen molar-refractivity contribution in [1.29, 1.82) is 0 Å². The number of aryl methyl sites for hydroxylation is 1. The Balaban J connectivity index is 2.20. The predicted octanol–water partition coefficient (Wildman–Crippen LogP) is 1.68. The number of nitrogens with one attached hydrogen (secondary N) is 1. The smallest absolute Gasteiger partial charge is 0.0479 e. The van der Waals surface area contributed by atoms with E-state index < -0.39 is 0 Å². The molecule has 1 unspecified atom stereocenters. The van der Waals surface area contributed by atoms with Gasteiger partial charge in [0.2, 0.25) is 0 Å². The molecule has 1 aliphatic heterocycles. The second-order valence-electron chi connectivity index (χ2n) is 5.72. The molecule has 18 heavy (non-hydrogen) atoms. The van der Waals surface area contributed by atoms with Crippen molar-refractivity contribution in [3.8, 4) is 0 Å². The maximum Gasteiger partial charge on any atom is 0.0479 e. The average Bonchev–Trinajstić information content (AvgIpc) is 2.39. The minimum Gasteiger partial charge on any atom is -0.322 e. The van der Waals surface area contributed by atoms with E-state index in [9.17, 15) is 0 Å². The van der Waals surface area contributed by atoms with Gasteiger partial charge in [0.05, 0.1) is 0 Å². The van der Waals surface area contributed by atoms with Crippen LogP contribution in [0.4, 0.5) is 0 Å². The fourth-order valence-corrected chi connectivity index (χ4v) is 2.75. The van der Waals surface area contributed by atoms with Gasteiger partial charge in [0.25, 0.3) is 0 Å². The highest BCUT2D eigenvalue weighted by Gasteiger charge is 2.35. The Morgan fingerprint density at radius 2 is 1.83 bits per heavy atom. The lowest BCUT2D eigenvalue weighted by Crippen LogP contribution is -2.57. The molecule has 3 nitrogen and oxygen atoms in total. The van der Waals surface area contributed by atoms with Crippen molar-refractivity contribution in [2.75, 3.05) is 26.2 Å².